The Balaban J connectivity index is 2.14. The van der Waals surface area contributed by atoms with Gasteiger partial charge in [-0.15, -0.1) is 0 Å². The summed E-state index contributed by atoms with van der Waals surface area (Å²) < 4.78 is 19.2. The summed E-state index contributed by atoms with van der Waals surface area (Å²) in [7, 11) is 3.21. The molecule has 0 radical (unpaired) electrons. The number of amides is 2. The van der Waals surface area contributed by atoms with Crippen LogP contribution in [0.15, 0.2) is 18.2 Å². The van der Waals surface area contributed by atoms with E-state index in [1.54, 1.807) is 24.1 Å². The molecule has 0 aliphatic carbocycles. The first kappa shape index (κ1) is 19.2. The summed E-state index contributed by atoms with van der Waals surface area (Å²) in [6.07, 6.45) is 0.0816. The molecule has 1 aromatic carbocycles. The minimum atomic E-state index is -0.594. The van der Waals surface area contributed by atoms with Crippen LogP contribution in [0.2, 0.25) is 0 Å². The molecule has 1 aromatic rings. The molecular formula is C18H26FN3O3. The van der Waals surface area contributed by atoms with Gasteiger partial charge < -0.3 is 15.0 Å². The molecule has 1 aliphatic rings. The molecule has 1 heterocycles. The van der Waals surface area contributed by atoms with Crippen LogP contribution in [0.4, 0.5) is 4.39 Å². The van der Waals surface area contributed by atoms with Crippen LogP contribution in [0, 0.1) is 5.82 Å². The van der Waals surface area contributed by atoms with Crippen LogP contribution in [0.25, 0.3) is 0 Å². The molecule has 1 aliphatic heterocycles. The highest BCUT2D eigenvalue weighted by atomic mass is 19.1. The number of methoxy groups -OCH3 is 1. The van der Waals surface area contributed by atoms with Gasteiger partial charge in [0.25, 0.3) is 0 Å². The van der Waals surface area contributed by atoms with Crippen molar-refractivity contribution < 1.29 is 18.7 Å². The maximum Gasteiger partial charge on any atom is 0.237 e. The summed E-state index contributed by atoms with van der Waals surface area (Å²) in [5.74, 6) is -0.222. The van der Waals surface area contributed by atoms with Crippen molar-refractivity contribution in [3.63, 3.8) is 0 Å². The van der Waals surface area contributed by atoms with E-state index in [4.69, 9.17) is 4.74 Å². The number of nitrogens with zero attached hydrogens (tertiary/aromatic N) is 2. The maximum atomic E-state index is 14.2. The average molecular weight is 351 g/mol. The Morgan fingerprint density at radius 3 is 2.80 bits per heavy atom. The van der Waals surface area contributed by atoms with E-state index in [0.29, 0.717) is 24.4 Å². The minimum absolute atomic E-state index is 0.0617. The third kappa shape index (κ3) is 4.69. The molecule has 7 heteroatoms. The molecule has 1 fully saturated rings. The molecule has 1 saturated heterocycles. The smallest absolute Gasteiger partial charge is 0.237 e. The fraction of sp³-hybridized carbons (Fsp3) is 0.556. The van der Waals surface area contributed by atoms with Crippen molar-refractivity contribution in [2.75, 3.05) is 27.2 Å². The zero-order valence-electron chi connectivity index (χ0n) is 15.2. The van der Waals surface area contributed by atoms with Crippen LogP contribution >= 0.6 is 0 Å². The molecule has 0 unspecified atom stereocenters. The fourth-order valence-electron chi connectivity index (χ4n) is 2.77. The van der Waals surface area contributed by atoms with E-state index in [0.717, 1.165) is 0 Å². The Hall–Kier alpha value is -2.15. The van der Waals surface area contributed by atoms with Gasteiger partial charge in [-0.05, 0) is 19.9 Å². The van der Waals surface area contributed by atoms with Crippen molar-refractivity contribution in [3.05, 3.63) is 29.6 Å². The van der Waals surface area contributed by atoms with E-state index >= 15 is 0 Å². The van der Waals surface area contributed by atoms with Crippen molar-refractivity contribution in [2.45, 2.75) is 38.9 Å². The Morgan fingerprint density at radius 1 is 1.48 bits per heavy atom. The number of carbonyl (C=O) groups excluding carboxylic acids is 2. The molecule has 2 rings (SSSR count). The second kappa shape index (κ2) is 8.29. The van der Waals surface area contributed by atoms with Crippen LogP contribution < -0.4 is 10.1 Å². The van der Waals surface area contributed by atoms with Gasteiger partial charge in [0.1, 0.15) is 11.6 Å². The summed E-state index contributed by atoms with van der Waals surface area (Å²) in [6.45, 7) is 5.17. The summed E-state index contributed by atoms with van der Waals surface area (Å²) in [4.78, 5) is 28.1. The molecule has 6 nitrogen and oxygen atoms in total. The lowest BCUT2D eigenvalue weighted by Gasteiger charge is -2.36. The van der Waals surface area contributed by atoms with Gasteiger partial charge in [-0.3, -0.25) is 14.5 Å². The van der Waals surface area contributed by atoms with E-state index in [1.807, 2.05) is 18.7 Å². The molecule has 2 amide bonds. The maximum absolute atomic E-state index is 14.2. The second-order valence-electron chi connectivity index (χ2n) is 6.54. The van der Waals surface area contributed by atoms with Crippen LogP contribution in [0.1, 0.15) is 25.8 Å². The third-order valence-electron chi connectivity index (χ3n) is 4.61. The van der Waals surface area contributed by atoms with E-state index in [-0.39, 0.29) is 36.6 Å². The Morgan fingerprint density at radius 2 is 2.20 bits per heavy atom. The Labute approximate surface area is 147 Å². The monoisotopic (exact) mass is 351 g/mol. The van der Waals surface area contributed by atoms with Gasteiger partial charge in [0, 0.05) is 44.4 Å². The van der Waals surface area contributed by atoms with Crippen LogP contribution in [-0.4, -0.2) is 60.9 Å². The van der Waals surface area contributed by atoms with E-state index < -0.39 is 6.04 Å². The average Bonchev–Trinajstić information content (AvgIpc) is 2.58. The Bertz CT molecular complexity index is 636. The number of carbonyl (C=O) groups is 2. The molecule has 25 heavy (non-hydrogen) atoms. The lowest BCUT2D eigenvalue weighted by Crippen LogP contribution is -2.56. The van der Waals surface area contributed by atoms with Gasteiger partial charge in [-0.1, -0.05) is 6.07 Å². The summed E-state index contributed by atoms with van der Waals surface area (Å²) >= 11 is 0. The summed E-state index contributed by atoms with van der Waals surface area (Å²) in [5, 5.41) is 2.79. The zero-order valence-corrected chi connectivity index (χ0v) is 15.2. The lowest BCUT2D eigenvalue weighted by molar-refractivity contribution is -0.139. The van der Waals surface area contributed by atoms with Crippen LogP contribution in [0.5, 0.6) is 5.75 Å². The van der Waals surface area contributed by atoms with E-state index in [1.165, 1.54) is 13.2 Å². The van der Waals surface area contributed by atoms with Crippen LogP contribution in [0.3, 0.4) is 0 Å². The SMILES string of the molecule is COc1ccc(CN2CCNC(=O)[C@H]2CC(=O)N(C)C(C)C)c(F)c1. The topological polar surface area (TPSA) is 61.9 Å². The number of benzene rings is 1. The number of hydrogen-bond donors (Lipinski definition) is 1. The van der Waals surface area contributed by atoms with Crippen molar-refractivity contribution >= 4 is 11.8 Å². The quantitative estimate of drug-likeness (QED) is 0.841. The zero-order chi connectivity index (χ0) is 18.6. The largest absolute Gasteiger partial charge is 0.497 e. The van der Waals surface area contributed by atoms with Gasteiger partial charge in [0.05, 0.1) is 19.6 Å². The standard InChI is InChI=1S/C18H26FN3O3/c1-12(2)21(3)17(23)10-16-18(24)20-7-8-22(16)11-13-5-6-14(25-4)9-15(13)19/h5-6,9,12,16H,7-8,10-11H2,1-4H3,(H,20,24)/t16-/m1/s1. The lowest BCUT2D eigenvalue weighted by atomic mass is 10.1. The van der Waals surface area contributed by atoms with Gasteiger partial charge in [0.2, 0.25) is 11.8 Å². The predicted molar refractivity (Wildman–Crippen MR) is 92.7 cm³/mol. The highest BCUT2D eigenvalue weighted by molar-refractivity contribution is 5.88. The van der Waals surface area contributed by atoms with Crippen molar-refractivity contribution in [2.24, 2.45) is 0 Å². The highest BCUT2D eigenvalue weighted by Crippen LogP contribution is 2.20. The second-order valence-corrected chi connectivity index (χ2v) is 6.54. The number of ether oxygens (including phenoxy) is 1. The van der Waals surface area contributed by atoms with E-state index in [2.05, 4.69) is 5.32 Å². The van der Waals surface area contributed by atoms with Gasteiger partial charge in [-0.25, -0.2) is 4.39 Å². The number of piperazine rings is 1. The predicted octanol–water partition coefficient (Wildman–Crippen LogP) is 1.39. The molecule has 0 bridgehead atoms. The van der Waals surface area contributed by atoms with E-state index in [9.17, 15) is 14.0 Å². The molecule has 1 N–H and O–H groups in total. The molecule has 1 atom stereocenters. The summed E-state index contributed by atoms with van der Waals surface area (Å²) in [5.41, 5.74) is 0.477. The minimum Gasteiger partial charge on any atom is -0.497 e. The van der Waals surface area contributed by atoms with Gasteiger partial charge in [-0.2, -0.15) is 0 Å². The normalized spacial score (nSPS) is 18.2. The number of hydrogen-bond acceptors (Lipinski definition) is 4. The molecule has 0 aromatic heterocycles. The first-order valence-corrected chi connectivity index (χ1v) is 8.43. The van der Waals surface area contributed by atoms with Crippen molar-refractivity contribution in [1.29, 1.82) is 0 Å². The van der Waals surface area contributed by atoms with Crippen molar-refractivity contribution in [3.8, 4) is 5.75 Å². The van der Waals surface area contributed by atoms with Crippen molar-refractivity contribution in [1.82, 2.24) is 15.1 Å². The first-order chi connectivity index (χ1) is 11.8. The summed E-state index contributed by atoms with van der Waals surface area (Å²) in [6, 6.07) is 4.14. The van der Waals surface area contributed by atoms with Gasteiger partial charge >= 0.3 is 0 Å². The number of nitrogens with one attached hydrogen (secondary N) is 1. The van der Waals surface area contributed by atoms with Crippen LogP contribution in [-0.2, 0) is 16.1 Å². The number of rotatable bonds is 6. The Kier molecular flexibility index (Phi) is 6.36. The van der Waals surface area contributed by atoms with Gasteiger partial charge in [0.15, 0.2) is 0 Å². The molecule has 0 spiro atoms. The fourth-order valence-corrected chi connectivity index (χ4v) is 2.77. The first-order valence-electron chi connectivity index (χ1n) is 8.43. The molecule has 138 valence electrons. The highest BCUT2D eigenvalue weighted by Gasteiger charge is 2.33. The molecule has 0 saturated carbocycles. The number of halogens is 1. The third-order valence-corrected chi connectivity index (χ3v) is 4.61. The molecular weight excluding hydrogens is 325 g/mol.